The number of rotatable bonds is 5. The molecule has 0 saturated carbocycles. The largest absolute Gasteiger partial charge is 0.497 e. The molecule has 4 rings (SSSR count). The van der Waals surface area contributed by atoms with Crippen LogP contribution in [0, 0.1) is 11.3 Å². The van der Waals surface area contributed by atoms with E-state index in [0.717, 1.165) is 61.1 Å². The van der Waals surface area contributed by atoms with E-state index in [1.807, 2.05) is 18.2 Å². The van der Waals surface area contributed by atoms with Gasteiger partial charge in [0.2, 0.25) is 5.91 Å². The Labute approximate surface area is 171 Å². The number of carbonyl (C=O) groups is 1. The smallest absolute Gasteiger partial charge is 0.237 e. The van der Waals surface area contributed by atoms with E-state index in [1.54, 1.807) is 18.2 Å². The summed E-state index contributed by atoms with van der Waals surface area (Å²) in [6.45, 7) is 2.87. The third-order valence-electron chi connectivity index (χ3n) is 5.96. The number of carbonyl (C=O) groups excluding carboxylic acids is 1. The standard InChI is InChI=1S/C22H27N5O2/c1-29-18-12-20-19(5-2-8-24-20)21(13-18)25-16-6-10-26(11-7-16)15-22(28)27-9-3-4-17(27)14-23/h2,5,8,12-13,16-17,25H,3-4,6-7,9-11,15H2,1H3/t17-/m0/s1. The Morgan fingerprint density at radius 1 is 1.31 bits per heavy atom. The summed E-state index contributed by atoms with van der Waals surface area (Å²) in [5.41, 5.74) is 1.95. The van der Waals surface area contributed by atoms with Gasteiger partial charge in [0, 0.05) is 55.1 Å². The minimum absolute atomic E-state index is 0.0883. The molecule has 29 heavy (non-hydrogen) atoms. The van der Waals surface area contributed by atoms with Crippen LogP contribution in [0.15, 0.2) is 30.5 Å². The van der Waals surface area contributed by atoms with Crippen LogP contribution in [0.3, 0.4) is 0 Å². The van der Waals surface area contributed by atoms with Crippen molar-refractivity contribution in [2.24, 2.45) is 0 Å². The maximum Gasteiger partial charge on any atom is 0.237 e. The van der Waals surface area contributed by atoms with Gasteiger partial charge in [0.1, 0.15) is 11.8 Å². The molecule has 0 aliphatic carbocycles. The summed E-state index contributed by atoms with van der Waals surface area (Å²) in [5.74, 6) is 0.879. The van der Waals surface area contributed by atoms with E-state index < -0.39 is 0 Å². The number of hydrogen-bond acceptors (Lipinski definition) is 6. The highest BCUT2D eigenvalue weighted by molar-refractivity contribution is 5.92. The molecule has 0 bridgehead atoms. The molecule has 1 aromatic carbocycles. The number of ether oxygens (including phenoxy) is 1. The number of aromatic nitrogens is 1. The molecule has 2 saturated heterocycles. The Morgan fingerprint density at radius 3 is 2.90 bits per heavy atom. The quantitative estimate of drug-likeness (QED) is 0.841. The molecule has 152 valence electrons. The van der Waals surface area contributed by atoms with Crippen molar-refractivity contribution in [2.45, 2.75) is 37.8 Å². The third kappa shape index (κ3) is 4.28. The molecule has 2 fully saturated rings. The molecule has 2 aliphatic rings. The molecule has 2 aromatic rings. The fourth-order valence-corrected chi connectivity index (χ4v) is 4.33. The lowest BCUT2D eigenvalue weighted by atomic mass is 10.0. The molecular weight excluding hydrogens is 366 g/mol. The van der Waals surface area contributed by atoms with E-state index in [2.05, 4.69) is 27.3 Å². The fourth-order valence-electron chi connectivity index (χ4n) is 4.33. The molecule has 1 N–H and O–H groups in total. The molecule has 3 heterocycles. The van der Waals surface area contributed by atoms with Gasteiger partial charge in [-0.15, -0.1) is 0 Å². The molecule has 7 nitrogen and oxygen atoms in total. The van der Waals surface area contributed by atoms with Crippen molar-refractivity contribution in [3.63, 3.8) is 0 Å². The number of anilines is 1. The van der Waals surface area contributed by atoms with Gasteiger partial charge in [-0.05, 0) is 37.8 Å². The average Bonchev–Trinajstić information content (AvgIpc) is 3.24. The summed E-state index contributed by atoms with van der Waals surface area (Å²) in [5, 5.41) is 13.9. The van der Waals surface area contributed by atoms with Crippen LogP contribution in [0.25, 0.3) is 10.9 Å². The van der Waals surface area contributed by atoms with Crippen molar-refractivity contribution in [3.05, 3.63) is 30.5 Å². The number of benzene rings is 1. The number of nitriles is 1. The Morgan fingerprint density at radius 2 is 2.14 bits per heavy atom. The van der Waals surface area contributed by atoms with Gasteiger partial charge in [0.05, 0.1) is 25.2 Å². The average molecular weight is 393 g/mol. The summed E-state index contributed by atoms with van der Waals surface area (Å²) in [6.07, 6.45) is 5.46. The summed E-state index contributed by atoms with van der Waals surface area (Å²) >= 11 is 0. The number of amides is 1. The van der Waals surface area contributed by atoms with Crippen molar-refractivity contribution in [2.75, 3.05) is 38.6 Å². The van der Waals surface area contributed by atoms with E-state index >= 15 is 0 Å². The van der Waals surface area contributed by atoms with Crippen LogP contribution < -0.4 is 10.1 Å². The first-order valence-corrected chi connectivity index (χ1v) is 10.3. The molecule has 7 heteroatoms. The van der Waals surface area contributed by atoms with Gasteiger partial charge in [-0.25, -0.2) is 0 Å². The maximum atomic E-state index is 12.6. The number of piperidine rings is 1. The number of nitrogens with one attached hydrogen (secondary N) is 1. The van der Waals surface area contributed by atoms with Gasteiger partial charge in [-0.3, -0.25) is 14.7 Å². The lowest BCUT2D eigenvalue weighted by Crippen LogP contribution is -2.46. The Bertz CT molecular complexity index is 917. The van der Waals surface area contributed by atoms with Crippen LogP contribution >= 0.6 is 0 Å². The number of pyridine rings is 1. The summed E-state index contributed by atoms with van der Waals surface area (Å²) in [7, 11) is 1.67. The van der Waals surface area contributed by atoms with Crippen LogP contribution in [0.4, 0.5) is 5.69 Å². The Kier molecular flexibility index (Phi) is 5.81. The molecular formula is C22H27N5O2. The van der Waals surface area contributed by atoms with Crippen LogP contribution in [0.1, 0.15) is 25.7 Å². The Hall–Kier alpha value is -2.85. The summed E-state index contributed by atoms with van der Waals surface area (Å²) < 4.78 is 5.43. The first-order chi connectivity index (χ1) is 14.2. The van der Waals surface area contributed by atoms with Gasteiger partial charge < -0.3 is 15.0 Å². The second-order valence-corrected chi connectivity index (χ2v) is 7.81. The lowest BCUT2D eigenvalue weighted by Gasteiger charge is -2.33. The number of methoxy groups -OCH3 is 1. The normalized spacial score (nSPS) is 20.6. The zero-order valence-electron chi connectivity index (χ0n) is 16.8. The highest BCUT2D eigenvalue weighted by Crippen LogP contribution is 2.29. The monoisotopic (exact) mass is 393 g/mol. The highest BCUT2D eigenvalue weighted by Gasteiger charge is 2.30. The van der Waals surface area contributed by atoms with Crippen molar-refractivity contribution >= 4 is 22.5 Å². The van der Waals surface area contributed by atoms with Gasteiger partial charge in [0.25, 0.3) is 0 Å². The summed E-state index contributed by atoms with van der Waals surface area (Å²) in [6, 6.07) is 10.3. The predicted octanol–water partition coefficient (Wildman–Crippen LogP) is 2.63. The second kappa shape index (κ2) is 8.66. The minimum Gasteiger partial charge on any atom is -0.497 e. The molecule has 1 aromatic heterocycles. The zero-order valence-corrected chi connectivity index (χ0v) is 16.8. The van der Waals surface area contributed by atoms with Crippen molar-refractivity contribution in [1.29, 1.82) is 5.26 Å². The van der Waals surface area contributed by atoms with E-state index in [9.17, 15) is 10.1 Å². The summed E-state index contributed by atoms with van der Waals surface area (Å²) in [4.78, 5) is 21.0. The van der Waals surface area contributed by atoms with Crippen molar-refractivity contribution in [1.82, 2.24) is 14.8 Å². The Balaban J connectivity index is 1.35. The van der Waals surface area contributed by atoms with Gasteiger partial charge >= 0.3 is 0 Å². The molecule has 1 atom stereocenters. The maximum absolute atomic E-state index is 12.6. The van der Waals surface area contributed by atoms with Crippen LogP contribution in [-0.4, -0.2) is 66.1 Å². The SMILES string of the molecule is COc1cc(NC2CCN(CC(=O)N3CCC[C@H]3C#N)CC2)c2cccnc2c1. The molecule has 0 spiro atoms. The van der Waals surface area contributed by atoms with Gasteiger partial charge in [-0.1, -0.05) is 0 Å². The number of likely N-dealkylation sites (tertiary alicyclic amines) is 2. The van der Waals surface area contributed by atoms with Gasteiger partial charge in [-0.2, -0.15) is 5.26 Å². The van der Waals surface area contributed by atoms with Gasteiger partial charge in [0.15, 0.2) is 0 Å². The highest BCUT2D eigenvalue weighted by atomic mass is 16.5. The number of hydrogen-bond donors (Lipinski definition) is 1. The van der Waals surface area contributed by atoms with E-state index in [4.69, 9.17) is 4.74 Å². The molecule has 0 unspecified atom stereocenters. The topological polar surface area (TPSA) is 81.5 Å². The number of fused-ring (bicyclic) bond motifs is 1. The van der Waals surface area contributed by atoms with Crippen LogP contribution in [0.5, 0.6) is 5.75 Å². The first-order valence-electron chi connectivity index (χ1n) is 10.3. The molecule has 0 radical (unpaired) electrons. The van der Waals surface area contributed by atoms with Crippen molar-refractivity contribution in [3.8, 4) is 11.8 Å². The predicted molar refractivity (Wildman–Crippen MR) is 112 cm³/mol. The van der Waals surface area contributed by atoms with E-state index in [1.165, 1.54) is 0 Å². The third-order valence-corrected chi connectivity index (χ3v) is 5.96. The second-order valence-electron chi connectivity index (χ2n) is 7.81. The lowest BCUT2D eigenvalue weighted by molar-refractivity contribution is -0.132. The minimum atomic E-state index is -0.239. The van der Waals surface area contributed by atoms with Crippen LogP contribution in [0.2, 0.25) is 0 Å². The first kappa shape index (κ1) is 19.5. The molecule has 1 amide bonds. The van der Waals surface area contributed by atoms with E-state index in [-0.39, 0.29) is 11.9 Å². The van der Waals surface area contributed by atoms with Crippen LogP contribution in [-0.2, 0) is 4.79 Å². The van der Waals surface area contributed by atoms with Crippen molar-refractivity contribution < 1.29 is 9.53 Å². The number of nitrogens with zero attached hydrogens (tertiary/aromatic N) is 4. The zero-order chi connectivity index (χ0) is 20.2. The fraction of sp³-hybridized carbons (Fsp3) is 0.500. The molecule has 2 aliphatic heterocycles. The van der Waals surface area contributed by atoms with E-state index in [0.29, 0.717) is 19.1 Å².